The molecule has 0 saturated carbocycles. The van der Waals surface area contributed by atoms with Crippen LogP contribution in [0, 0.1) is 11.8 Å². The Kier molecular flexibility index (Phi) is 8.07. The molecule has 0 aromatic heterocycles. The number of imide groups is 1. The highest BCUT2D eigenvalue weighted by atomic mass is 16.6. The Balaban J connectivity index is 1.51. The molecule has 0 aliphatic carbocycles. The molecule has 3 fully saturated rings. The van der Waals surface area contributed by atoms with Crippen molar-refractivity contribution in [1.82, 2.24) is 4.90 Å². The molecule has 0 spiro atoms. The van der Waals surface area contributed by atoms with Crippen molar-refractivity contribution in [2.45, 2.75) is 42.9 Å². The molecular formula is C34H33NO10. The number of benzene rings is 3. The van der Waals surface area contributed by atoms with Gasteiger partial charge in [-0.25, -0.2) is 0 Å². The van der Waals surface area contributed by atoms with E-state index in [1.54, 1.807) is 14.2 Å². The predicted octanol–water partition coefficient (Wildman–Crippen LogP) is 3.17. The molecule has 234 valence electrons. The largest absolute Gasteiger partial charge is 0.497 e. The Morgan fingerprint density at radius 3 is 1.73 bits per heavy atom. The van der Waals surface area contributed by atoms with Crippen molar-refractivity contribution >= 4 is 23.8 Å². The van der Waals surface area contributed by atoms with Crippen LogP contribution in [0.3, 0.4) is 0 Å². The fourth-order valence-electron chi connectivity index (χ4n) is 6.76. The Bertz CT molecular complexity index is 1540. The highest BCUT2D eigenvalue weighted by Crippen LogP contribution is 2.53. The normalized spacial score (nSPS) is 25.3. The zero-order valence-electron chi connectivity index (χ0n) is 25.0. The fourth-order valence-corrected chi connectivity index (χ4v) is 6.76. The lowest BCUT2D eigenvalue weighted by Gasteiger charge is -2.42. The number of carbonyl (C=O) groups is 4. The number of rotatable bonds is 11. The van der Waals surface area contributed by atoms with Crippen molar-refractivity contribution in [2.75, 3.05) is 21.3 Å². The number of nitrogens with zero attached hydrogens (tertiary/aromatic N) is 1. The van der Waals surface area contributed by atoms with Crippen LogP contribution in [0.1, 0.15) is 29.5 Å². The van der Waals surface area contributed by atoms with Crippen LogP contribution in [0.25, 0.3) is 0 Å². The zero-order valence-corrected chi connectivity index (χ0v) is 25.0. The number of likely N-dealkylation sites (tertiary alicyclic amines) is 1. The molecule has 0 radical (unpaired) electrons. The molecule has 3 aliphatic heterocycles. The summed E-state index contributed by atoms with van der Waals surface area (Å²) in [6.07, 6.45) is -4.79. The van der Waals surface area contributed by atoms with Crippen LogP contribution in [0.4, 0.5) is 0 Å². The quantitative estimate of drug-likeness (QED) is 0.195. The van der Waals surface area contributed by atoms with Crippen LogP contribution in [-0.2, 0) is 39.0 Å². The Hall–Kier alpha value is -4.74. The van der Waals surface area contributed by atoms with E-state index in [0.717, 1.165) is 10.5 Å². The first-order valence-corrected chi connectivity index (χ1v) is 14.6. The number of carboxylic acid groups (broad SMARTS) is 1. The number of carboxylic acids is 1. The Morgan fingerprint density at radius 1 is 0.756 bits per heavy atom. The standard InChI is InChI=1S/C34H33NO10/c1-35-32(39)26-27(33(35)40)29-31(30(28(26)44-29)43-25(38)18-17-24(36)37)45-34(19-7-5-4-6-8-19,20-9-13-22(41-2)14-10-20)21-11-15-23(42-3)16-12-21/h4-16,26-31H,17-18H2,1-3H3,(H,36,37). The smallest absolute Gasteiger partial charge is 0.306 e. The highest BCUT2D eigenvalue weighted by Gasteiger charge is 2.71. The summed E-state index contributed by atoms with van der Waals surface area (Å²) in [7, 11) is 4.57. The number of carbonyl (C=O) groups excluding carboxylic acids is 3. The summed E-state index contributed by atoms with van der Waals surface area (Å²) in [6.45, 7) is 0. The van der Waals surface area contributed by atoms with E-state index >= 15 is 0 Å². The van der Waals surface area contributed by atoms with Gasteiger partial charge in [-0.1, -0.05) is 54.6 Å². The van der Waals surface area contributed by atoms with E-state index in [2.05, 4.69) is 0 Å². The van der Waals surface area contributed by atoms with E-state index < -0.39 is 66.1 Å². The van der Waals surface area contributed by atoms with E-state index in [4.69, 9.17) is 28.8 Å². The van der Waals surface area contributed by atoms with Gasteiger partial charge in [-0.05, 0) is 41.0 Å². The number of amides is 2. The summed E-state index contributed by atoms with van der Waals surface area (Å²) in [5.74, 6) is -3.14. The topological polar surface area (TPSA) is 138 Å². The monoisotopic (exact) mass is 615 g/mol. The predicted molar refractivity (Wildman–Crippen MR) is 157 cm³/mol. The van der Waals surface area contributed by atoms with Crippen LogP contribution in [0.15, 0.2) is 78.9 Å². The molecule has 3 aromatic carbocycles. The molecule has 6 atom stereocenters. The lowest BCUT2D eigenvalue weighted by molar-refractivity contribution is -0.172. The van der Waals surface area contributed by atoms with Crippen LogP contribution in [0.2, 0.25) is 0 Å². The summed E-state index contributed by atoms with van der Waals surface area (Å²) in [6, 6.07) is 24.2. The second kappa shape index (κ2) is 12.0. The molecule has 6 rings (SSSR count). The SMILES string of the molecule is COc1ccc(C(OC2C(OC(=O)CCC(=O)O)C3OC2C2C(=O)N(C)C(=O)C32)(c2ccccc2)c2ccc(OC)cc2)cc1. The van der Waals surface area contributed by atoms with Gasteiger partial charge in [0.2, 0.25) is 11.8 Å². The summed E-state index contributed by atoms with van der Waals surface area (Å²) < 4.78 is 30.2. The van der Waals surface area contributed by atoms with E-state index in [-0.39, 0.29) is 12.3 Å². The first-order valence-electron chi connectivity index (χ1n) is 14.6. The maximum Gasteiger partial charge on any atom is 0.306 e. The summed E-state index contributed by atoms with van der Waals surface area (Å²) >= 11 is 0. The Morgan fingerprint density at radius 2 is 1.24 bits per heavy atom. The first-order chi connectivity index (χ1) is 21.7. The molecule has 3 saturated heterocycles. The summed E-state index contributed by atoms with van der Waals surface area (Å²) in [4.78, 5) is 51.7. The second-order valence-electron chi connectivity index (χ2n) is 11.3. The van der Waals surface area contributed by atoms with Gasteiger partial charge in [0.15, 0.2) is 6.10 Å². The third-order valence-corrected chi connectivity index (χ3v) is 8.91. The van der Waals surface area contributed by atoms with Gasteiger partial charge < -0.3 is 28.8 Å². The number of esters is 1. The maximum atomic E-state index is 13.3. The van der Waals surface area contributed by atoms with E-state index in [0.29, 0.717) is 22.6 Å². The second-order valence-corrected chi connectivity index (χ2v) is 11.3. The minimum atomic E-state index is -1.34. The minimum absolute atomic E-state index is 0.377. The number of methoxy groups -OCH3 is 2. The van der Waals surface area contributed by atoms with Crippen LogP contribution < -0.4 is 9.47 Å². The van der Waals surface area contributed by atoms with Gasteiger partial charge in [-0.3, -0.25) is 24.1 Å². The highest BCUT2D eigenvalue weighted by molar-refractivity contribution is 6.06. The van der Waals surface area contributed by atoms with E-state index in [1.807, 2.05) is 78.9 Å². The molecular weight excluding hydrogens is 582 g/mol. The number of fused-ring (bicyclic) bond motifs is 5. The minimum Gasteiger partial charge on any atom is -0.497 e. The fraction of sp³-hybridized carbons (Fsp3) is 0.353. The van der Waals surface area contributed by atoms with Gasteiger partial charge in [0.1, 0.15) is 35.4 Å². The molecule has 11 heteroatoms. The summed E-state index contributed by atoms with van der Waals surface area (Å²) in [5, 5.41) is 9.14. The number of aliphatic carboxylic acids is 1. The van der Waals surface area contributed by atoms with Crippen LogP contribution in [-0.4, -0.2) is 79.4 Å². The van der Waals surface area contributed by atoms with Crippen LogP contribution >= 0.6 is 0 Å². The van der Waals surface area contributed by atoms with Crippen molar-refractivity contribution in [3.05, 3.63) is 95.6 Å². The molecule has 3 heterocycles. The molecule has 2 amide bonds. The van der Waals surface area contributed by atoms with Crippen molar-refractivity contribution in [1.29, 1.82) is 0 Å². The molecule has 11 nitrogen and oxygen atoms in total. The Labute approximate surface area is 259 Å². The lowest BCUT2D eigenvalue weighted by Crippen LogP contribution is -2.54. The van der Waals surface area contributed by atoms with Crippen LogP contribution in [0.5, 0.6) is 11.5 Å². The van der Waals surface area contributed by atoms with Gasteiger partial charge in [-0.15, -0.1) is 0 Å². The average Bonchev–Trinajstić information content (AvgIpc) is 3.68. The third-order valence-electron chi connectivity index (χ3n) is 8.91. The van der Waals surface area contributed by atoms with Crippen molar-refractivity contribution in [2.24, 2.45) is 11.8 Å². The van der Waals surface area contributed by atoms with Gasteiger partial charge in [0.25, 0.3) is 0 Å². The zero-order chi connectivity index (χ0) is 31.9. The lowest BCUT2D eigenvalue weighted by atomic mass is 9.76. The summed E-state index contributed by atoms with van der Waals surface area (Å²) in [5.41, 5.74) is 0.820. The molecule has 1 N–H and O–H groups in total. The maximum absolute atomic E-state index is 13.3. The van der Waals surface area contributed by atoms with E-state index in [1.165, 1.54) is 7.05 Å². The van der Waals surface area contributed by atoms with Crippen molar-refractivity contribution in [3.63, 3.8) is 0 Å². The van der Waals surface area contributed by atoms with Crippen molar-refractivity contribution in [3.8, 4) is 11.5 Å². The molecule has 3 aliphatic rings. The van der Waals surface area contributed by atoms with Gasteiger partial charge in [0, 0.05) is 7.05 Å². The molecule has 3 aromatic rings. The van der Waals surface area contributed by atoms with Crippen molar-refractivity contribution < 1.29 is 48.0 Å². The number of hydrogen-bond donors (Lipinski definition) is 1. The number of hydrogen-bond acceptors (Lipinski definition) is 9. The van der Waals surface area contributed by atoms with Gasteiger partial charge in [0.05, 0.1) is 38.9 Å². The molecule has 2 bridgehead atoms. The molecule has 6 unspecified atom stereocenters. The molecule has 45 heavy (non-hydrogen) atoms. The number of ether oxygens (including phenoxy) is 5. The third kappa shape index (κ3) is 5.11. The van der Waals surface area contributed by atoms with E-state index in [9.17, 15) is 19.2 Å². The van der Waals surface area contributed by atoms with Gasteiger partial charge in [-0.2, -0.15) is 0 Å². The average molecular weight is 616 g/mol. The van der Waals surface area contributed by atoms with Gasteiger partial charge >= 0.3 is 11.9 Å². The first kappa shape index (κ1) is 30.3.